The molecule has 0 bridgehead atoms. The van der Waals surface area contributed by atoms with E-state index in [0.29, 0.717) is 10.9 Å². The van der Waals surface area contributed by atoms with Crippen LogP contribution in [0.3, 0.4) is 0 Å². The summed E-state index contributed by atoms with van der Waals surface area (Å²) < 4.78 is 5.78. The summed E-state index contributed by atoms with van der Waals surface area (Å²) >= 11 is 6.11. The van der Waals surface area contributed by atoms with Crippen LogP contribution in [0.15, 0.2) is 18.2 Å². The molecule has 0 aliphatic heterocycles. The van der Waals surface area contributed by atoms with Gasteiger partial charge in [-0.3, -0.25) is 0 Å². The lowest BCUT2D eigenvalue weighted by Crippen LogP contribution is -2.15. The van der Waals surface area contributed by atoms with Crippen LogP contribution in [0, 0.1) is 18.3 Å². The topological polar surface area (TPSA) is 9.23 Å². The maximum absolute atomic E-state index is 6.11. The lowest BCUT2D eigenvalue weighted by molar-refractivity contribution is 0.209. The van der Waals surface area contributed by atoms with E-state index in [4.69, 9.17) is 22.8 Å². The first kappa shape index (κ1) is 12.3. The third-order valence-corrected chi connectivity index (χ3v) is 3.59. The molecular weight excluding hydrogens is 232 g/mol. The number of halogens is 1. The molecule has 2 rings (SSSR count). The Balaban J connectivity index is 1.92. The van der Waals surface area contributed by atoms with E-state index >= 15 is 0 Å². The van der Waals surface area contributed by atoms with Gasteiger partial charge in [0.05, 0.1) is 11.6 Å². The molecule has 0 spiro atoms. The van der Waals surface area contributed by atoms with Crippen molar-refractivity contribution in [2.24, 2.45) is 5.92 Å². The van der Waals surface area contributed by atoms with Gasteiger partial charge in [-0.05, 0) is 37.0 Å². The van der Waals surface area contributed by atoms with Gasteiger partial charge in [0, 0.05) is 5.56 Å². The summed E-state index contributed by atoms with van der Waals surface area (Å²) in [6, 6.07) is 5.50. The normalized spacial score (nSPS) is 16.5. The van der Waals surface area contributed by atoms with Crippen molar-refractivity contribution in [3.05, 3.63) is 28.8 Å². The highest BCUT2D eigenvalue weighted by Crippen LogP contribution is 2.28. The Morgan fingerprint density at radius 2 is 2.06 bits per heavy atom. The van der Waals surface area contributed by atoms with Crippen LogP contribution in [0.4, 0.5) is 0 Å². The first-order valence-electron chi connectivity index (χ1n) is 6.18. The Kier molecular flexibility index (Phi) is 4.34. The van der Waals surface area contributed by atoms with Gasteiger partial charge in [0.1, 0.15) is 5.75 Å². The highest BCUT2D eigenvalue weighted by Gasteiger charge is 2.14. The molecule has 90 valence electrons. The summed E-state index contributed by atoms with van der Waals surface area (Å²) in [5, 5.41) is 0.608. The number of benzene rings is 1. The molecule has 0 unspecified atom stereocenters. The van der Waals surface area contributed by atoms with Crippen LogP contribution in [-0.2, 0) is 0 Å². The summed E-state index contributed by atoms with van der Waals surface area (Å²) in [4.78, 5) is 0. The molecule has 1 aromatic rings. The Bertz CT molecular complexity index is 413. The molecule has 1 aliphatic carbocycles. The SMILES string of the molecule is C#Cc1ccc(OCC2CCCCC2)c(Cl)c1. The highest BCUT2D eigenvalue weighted by atomic mass is 35.5. The van der Waals surface area contributed by atoms with Gasteiger partial charge < -0.3 is 4.74 Å². The fourth-order valence-corrected chi connectivity index (χ4v) is 2.50. The van der Waals surface area contributed by atoms with Gasteiger partial charge in [-0.15, -0.1) is 6.42 Å². The number of ether oxygens (including phenoxy) is 1. The van der Waals surface area contributed by atoms with Crippen molar-refractivity contribution >= 4 is 11.6 Å². The fourth-order valence-electron chi connectivity index (χ4n) is 2.27. The van der Waals surface area contributed by atoms with Crippen LogP contribution in [0.2, 0.25) is 5.02 Å². The summed E-state index contributed by atoms with van der Waals surface area (Å²) in [5.74, 6) is 3.99. The predicted octanol–water partition coefficient (Wildman–Crippen LogP) is 4.28. The van der Waals surface area contributed by atoms with Crippen molar-refractivity contribution < 1.29 is 4.74 Å². The smallest absolute Gasteiger partial charge is 0.137 e. The molecular formula is C15H17ClO. The standard InChI is InChI=1S/C15H17ClO/c1-2-12-8-9-15(14(16)10-12)17-11-13-6-4-3-5-7-13/h1,8-10,13H,3-7,11H2. The van der Waals surface area contributed by atoms with E-state index in [2.05, 4.69) is 5.92 Å². The lowest BCUT2D eigenvalue weighted by Gasteiger charge is -2.21. The number of hydrogen-bond acceptors (Lipinski definition) is 1. The molecule has 0 heterocycles. The Hall–Kier alpha value is -1.13. The number of rotatable bonds is 3. The van der Waals surface area contributed by atoms with E-state index in [1.54, 1.807) is 6.07 Å². The molecule has 1 aromatic carbocycles. The Morgan fingerprint density at radius 3 is 2.71 bits per heavy atom. The first-order chi connectivity index (χ1) is 8.29. The molecule has 0 atom stereocenters. The molecule has 0 aromatic heterocycles. The minimum absolute atomic E-state index is 0.608. The summed E-state index contributed by atoms with van der Waals surface area (Å²) in [6.07, 6.45) is 11.9. The van der Waals surface area contributed by atoms with E-state index in [0.717, 1.165) is 17.9 Å². The number of hydrogen-bond donors (Lipinski definition) is 0. The first-order valence-corrected chi connectivity index (χ1v) is 6.56. The average molecular weight is 249 g/mol. The van der Waals surface area contributed by atoms with Gasteiger partial charge in [0.25, 0.3) is 0 Å². The van der Waals surface area contributed by atoms with E-state index in [-0.39, 0.29) is 0 Å². The van der Waals surface area contributed by atoms with Crippen LogP contribution < -0.4 is 4.74 Å². The van der Waals surface area contributed by atoms with Crippen LogP contribution in [0.25, 0.3) is 0 Å². The molecule has 0 radical (unpaired) electrons. The minimum atomic E-state index is 0.608. The van der Waals surface area contributed by atoms with Crippen molar-refractivity contribution in [1.29, 1.82) is 0 Å². The van der Waals surface area contributed by atoms with Crippen molar-refractivity contribution in [3.8, 4) is 18.1 Å². The van der Waals surface area contributed by atoms with Crippen LogP contribution in [0.1, 0.15) is 37.7 Å². The summed E-state index contributed by atoms with van der Waals surface area (Å²) in [6.45, 7) is 0.773. The summed E-state index contributed by atoms with van der Waals surface area (Å²) in [5.41, 5.74) is 0.792. The number of terminal acetylenes is 1. The molecule has 2 heteroatoms. The lowest BCUT2D eigenvalue weighted by atomic mass is 9.90. The molecule has 1 nitrogen and oxygen atoms in total. The highest BCUT2D eigenvalue weighted by molar-refractivity contribution is 6.32. The molecule has 1 fully saturated rings. The average Bonchev–Trinajstić information content (AvgIpc) is 2.38. The van der Waals surface area contributed by atoms with E-state index < -0.39 is 0 Å². The monoisotopic (exact) mass is 248 g/mol. The van der Waals surface area contributed by atoms with E-state index in [9.17, 15) is 0 Å². The molecule has 0 N–H and O–H groups in total. The van der Waals surface area contributed by atoms with Crippen molar-refractivity contribution in [3.63, 3.8) is 0 Å². The van der Waals surface area contributed by atoms with E-state index in [1.165, 1.54) is 32.1 Å². The molecule has 1 aliphatic rings. The van der Waals surface area contributed by atoms with Gasteiger partial charge in [-0.2, -0.15) is 0 Å². The van der Waals surface area contributed by atoms with Gasteiger partial charge in [-0.1, -0.05) is 36.8 Å². The second-order valence-corrected chi connectivity index (χ2v) is 5.01. The maximum Gasteiger partial charge on any atom is 0.137 e. The van der Waals surface area contributed by atoms with Crippen molar-refractivity contribution in [1.82, 2.24) is 0 Å². The van der Waals surface area contributed by atoms with Crippen molar-refractivity contribution in [2.45, 2.75) is 32.1 Å². The third-order valence-electron chi connectivity index (χ3n) is 3.30. The zero-order valence-corrected chi connectivity index (χ0v) is 10.7. The van der Waals surface area contributed by atoms with Gasteiger partial charge in [0.2, 0.25) is 0 Å². The third kappa shape index (κ3) is 3.41. The molecule has 0 saturated heterocycles. The zero-order chi connectivity index (χ0) is 12.1. The summed E-state index contributed by atoms with van der Waals surface area (Å²) in [7, 11) is 0. The quantitative estimate of drug-likeness (QED) is 0.726. The van der Waals surface area contributed by atoms with Crippen LogP contribution >= 0.6 is 11.6 Å². The largest absolute Gasteiger partial charge is 0.492 e. The molecule has 1 saturated carbocycles. The van der Waals surface area contributed by atoms with E-state index in [1.807, 2.05) is 12.1 Å². The van der Waals surface area contributed by atoms with Crippen LogP contribution in [0.5, 0.6) is 5.75 Å². The fraction of sp³-hybridized carbons (Fsp3) is 0.467. The van der Waals surface area contributed by atoms with Gasteiger partial charge in [-0.25, -0.2) is 0 Å². The maximum atomic E-state index is 6.11. The van der Waals surface area contributed by atoms with Crippen molar-refractivity contribution in [2.75, 3.05) is 6.61 Å². The van der Waals surface area contributed by atoms with Crippen LogP contribution in [-0.4, -0.2) is 6.61 Å². The van der Waals surface area contributed by atoms with Gasteiger partial charge in [0.15, 0.2) is 0 Å². The zero-order valence-electron chi connectivity index (χ0n) is 9.92. The second-order valence-electron chi connectivity index (χ2n) is 4.60. The predicted molar refractivity (Wildman–Crippen MR) is 71.5 cm³/mol. The van der Waals surface area contributed by atoms with Gasteiger partial charge >= 0.3 is 0 Å². The Labute approximate surface area is 108 Å². The molecule has 0 amide bonds. The second kappa shape index (κ2) is 5.98. The minimum Gasteiger partial charge on any atom is -0.492 e. The Morgan fingerprint density at radius 1 is 1.29 bits per heavy atom. The molecule has 17 heavy (non-hydrogen) atoms.